The lowest BCUT2D eigenvalue weighted by Crippen LogP contribution is -2.35. The fourth-order valence-corrected chi connectivity index (χ4v) is 3.92. The van der Waals surface area contributed by atoms with Gasteiger partial charge in [-0.05, 0) is 50.7 Å². The van der Waals surface area contributed by atoms with E-state index in [0.717, 1.165) is 29.8 Å². The first-order valence-electron chi connectivity index (χ1n) is 9.88. The number of hydrogen-bond donors (Lipinski definition) is 1. The van der Waals surface area contributed by atoms with Crippen LogP contribution in [0.15, 0.2) is 60.8 Å². The molecule has 1 fully saturated rings. The van der Waals surface area contributed by atoms with Crippen molar-refractivity contribution in [1.82, 2.24) is 20.0 Å². The van der Waals surface area contributed by atoms with Gasteiger partial charge in [0.05, 0.1) is 29.2 Å². The van der Waals surface area contributed by atoms with E-state index in [1.807, 2.05) is 73.4 Å². The van der Waals surface area contributed by atoms with E-state index in [2.05, 4.69) is 15.3 Å². The Hall–Kier alpha value is -2.63. The number of aromatic nitrogens is 2. The molecule has 0 aliphatic heterocycles. The van der Waals surface area contributed by atoms with Gasteiger partial charge in [-0.25, -0.2) is 4.68 Å². The minimum atomic E-state index is -0.0898. The normalized spacial score (nSPS) is 14.8. The third-order valence-corrected chi connectivity index (χ3v) is 5.70. The maximum atomic E-state index is 13.1. The van der Waals surface area contributed by atoms with Crippen molar-refractivity contribution in [3.05, 3.63) is 82.6 Å². The first-order valence-corrected chi connectivity index (χ1v) is 10.3. The molecule has 1 aliphatic rings. The number of carbonyl (C=O) groups is 1. The number of likely N-dealkylation sites (N-methyl/N-ethyl adjacent to an activating group) is 1. The molecule has 1 heterocycles. The van der Waals surface area contributed by atoms with Gasteiger partial charge in [0.15, 0.2) is 0 Å². The number of halogens is 1. The van der Waals surface area contributed by atoms with E-state index in [1.54, 1.807) is 6.20 Å². The zero-order valence-electron chi connectivity index (χ0n) is 16.7. The number of nitrogens with zero attached hydrogens (tertiary/aromatic N) is 3. The minimum Gasteiger partial charge on any atom is -0.350 e. The summed E-state index contributed by atoms with van der Waals surface area (Å²) < 4.78 is 1.91. The van der Waals surface area contributed by atoms with Gasteiger partial charge in [-0.3, -0.25) is 4.79 Å². The molecule has 1 N–H and O–H groups in total. The quantitative estimate of drug-likeness (QED) is 0.629. The van der Waals surface area contributed by atoms with Crippen LogP contribution < -0.4 is 5.32 Å². The summed E-state index contributed by atoms with van der Waals surface area (Å²) in [5.41, 5.74) is 3.65. The lowest BCUT2D eigenvalue weighted by molar-refractivity contribution is 0.0941. The van der Waals surface area contributed by atoms with E-state index in [-0.39, 0.29) is 11.9 Å². The molecule has 3 aromatic rings. The lowest BCUT2D eigenvalue weighted by atomic mass is 10.1. The first kappa shape index (κ1) is 19.7. The second kappa shape index (κ2) is 8.39. The van der Waals surface area contributed by atoms with Crippen molar-refractivity contribution in [2.45, 2.75) is 24.8 Å². The van der Waals surface area contributed by atoms with Crippen LogP contribution in [0.25, 0.3) is 5.69 Å². The van der Waals surface area contributed by atoms with Gasteiger partial charge >= 0.3 is 0 Å². The van der Waals surface area contributed by atoms with Crippen LogP contribution in [0.1, 0.15) is 46.4 Å². The highest BCUT2D eigenvalue weighted by molar-refractivity contribution is 6.31. The average Bonchev–Trinajstić information content (AvgIpc) is 3.47. The molecule has 0 radical (unpaired) electrons. The number of amides is 1. The van der Waals surface area contributed by atoms with Crippen LogP contribution in [0.5, 0.6) is 0 Å². The third kappa shape index (κ3) is 4.21. The molecule has 0 saturated heterocycles. The zero-order valence-corrected chi connectivity index (χ0v) is 17.4. The van der Waals surface area contributed by atoms with Crippen molar-refractivity contribution in [2.24, 2.45) is 0 Å². The average molecular weight is 409 g/mol. The Kier molecular flexibility index (Phi) is 5.69. The highest BCUT2D eigenvalue weighted by atomic mass is 35.5. The summed E-state index contributed by atoms with van der Waals surface area (Å²) >= 11 is 6.39. The predicted molar refractivity (Wildman–Crippen MR) is 116 cm³/mol. The fraction of sp³-hybridized carbons (Fsp3) is 0.304. The Morgan fingerprint density at radius 2 is 1.86 bits per heavy atom. The van der Waals surface area contributed by atoms with Crippen molar-refractivity contribution in [3.63, 3.8) is 0 Å². The number of benzene rings is 2. The van der Waals surface area contributed by atoms with E-state index in [4.69, 9.17) is 11.6 Å². The highest BCUT2D eigenvalue weighted by Gasteiger charge is 2.33. The Morgan fingerprint density at radius 3 is 2.52 bits per heavy atom. The van der Waals surface area contributed by atoms with Crippen LogP contribution >= 0.6 is 11.6 Å². The molecule has 0 spiro atoms. The molecule has 5 nitrogen and oxygen atoms in total. The second-order valence-electron chi connectivity index (χ2n) is 7.68. The number of hydrogen-bond acceptors (Lipinski definition) is 3. The SMILES string of the molecule is CN(C)C(CNC(=O)c1cnn(-c2ccccc2)c1C1CC1)c1ccccc1Cl. The summed E-state index contributed by atoms with van der Waals surface area (Å²) in [4.78, 5) is 15.1. The largest absolute Gasteiger partial charge is 0.350 e. The molecular weight excluding hydrogens is 384 g/mol. The van der Waals surface area contributed by atoms with Crippen LogP contribution in [0.3, 0.4) is 0 Å². The second-order valence-corrected chi connectivity index (χ2v) is 8.08. The monoisotopic (exact) mass is 408 g/mol. The lowest BCUT2D eigenvalue weighted by Gasteiger charge is -2.26. The summed E-state index contributed by atoms with van der Waals surface area (Å²) in [5, 5.41) is 8.33. The Bertz CT molecular complexity index is 995. The molecule has 29 heavy (non-hydrogen) atoms. The molecule has 0 bridgehead atoms. The molecule has 1 aromatic heterocycles. The maximum Gasteiger partial charge on any atom is 0.254 e. The summed E-state index contributed by atoms with van der Waals surface area (Å²) in [7, 11) is 3.98. The summed E-state index contributed by atoms with van der Waals surface area (Å²) in [6.45, 7) is 0.468. The van der Waals surface area contributed by atoms with E-state index >= 15 is 0 Å². The van der Waals surface area contributed by atoms with Crippen molar-refractivity contribution in [3.8, 4) is 5.69 Å². The highest BCUT2D eigenvalue weighted by Crippen LogP contribution is 2.42. The molecule has 4 rings (SSSR count). The van der Waals surface area contributed by atoms with Crippen LogP contribution in [0, 0.1) is 0 Å². The standard InChI is InChI=1S/C23H25ClN4O/c1-27(2)21(18-10-6-7-11-20(18)24)15-25-23(29)19-14-26-28(22(19)16-12-13-16)17-8-4-3-5-9-17/h3-11,14,16,21H,12-13,15H2,1-2H3,(H,25,29). The van der Waals surface area contributed by atoms with Crippen molar-refractivity contribution in [1.29, 1.82) is 0 Å². The zero-order chi connectivity index (χ0) is 20.4. The van der Waals surface area contributed by atoms with Gasteiger partial charge in [0.25, 0.3) is 5.91 Å². The summed E-state index contributed by atoms with van der Waals surface area (Å²) in [6.07, 6.45) is 3.88. The van der Waals surface area contributed by atoms with Gasteiger partial charge in [0.1, 0.15) is 0 Å². The van der Waals surface area contributed by atoms with Crippen molar-refractivity contribution in [2.75, 3.05) is 20.6 Å². The van der Waals surface area contributed by atoms with Crippen LogP contribution in [0.4, 0.5) is 0 Å². The number of nitrogens with one attached hydrogen (secondary N) is 1. The van der Waals surface area contributed by atoms with E-state index in [0.29, 0.717) is 23.0 Å². The predicted octanol–water partition coefficient (Wildman–Crippen LogP) is 4.44. The number of rotatable bonds is 7. The molecular formula is C23H25ClN4O. The molecule has 1 unspecified atom stereocenters. The van der Waals surface area contributed by atoms with Gasteiger partial charge < -0.3 is 10.2 Å². The van der Waals surface area contributed by atoms with Crippen molar-refractivity contribution < 1.29 is 4.79 Å². The number of para-hydroxylation sites is 1. The Balaban J connectivity index is 1.56. The minimum absolute atomic E-state index is 0.0128. The molecule has 2 aromatic carbocycles. The molecule has 1 atom stereocenters. The topological polar surface area (TPSA) is 50.2 Å². The van der Waals surface area contributed by atoms with Gasteiger partial charge in [0.2, 0.25) is 0 Å². The van der Waals surface area contributed by atoms with E-state index < -0.39 is 0 Å². The van der Waals surface area contributed by atoms with Gasteiger partial charge in [0, 0.05) is 17.5 Å². The Labute approximate surface area is 176 Å². The first-order chi connectivity index (χ1) is 14.1. The van der Waals surface area contributed by atoms with Crippen LogP contribution in [0.2, 0.25) is 5.02 Å². The molecule has 1 saturated carbocycles. The fourth-order valence-electron chi connectivity index (χ4n) is 3.66. The third-order valence-electron chi connectivity index (χ3n) is 5.36. The maximum absolute atomic E-state index is 13.1. The molecule has 150 valence electrons. The van der Waals surface area contributed by atoms with E-state index in [1.165, 1.54) is 0 Å². The molecule has 6 heteroatoms. The summed E-state index contributed by atoms with van der Waals surface area (Å²) in [6, 6.07) is 17.7. The summed E-state index contributed by atoms with van der Waals surface area (Å²) in [5.74, 6) is 0.305. The van der Waals surface area contributed by atoms with Crippen LogP contribution in [-0.4, -0.2) is 41.2 Å². The van der Waals surface area contributed by atoms with Gasteiger partial charge in [-0.1, -0.05) is 48.0 Å². The molecule has 1 amide bonds. The number of carbonyl (C=O) groups excluding carboxylic acids is 1. The molecule has 1 aliphatic carbocycles. The Morgan fingerprint density at radius 1 is 1.17 bits per heavy atom. The smallest absolute Gasteiger partial charge is 0.254 e. The van der Waals surface area contributed by atoms with Crippen LogP contribution in [-0.2, 0) is 0 Å². The van der Waals surface area contributed by atoms with Gasteiger partial charge in [-0.15, -0.1) is 0 Å². The van der Waals surface area contributed by atoms with Gasteiger partial charge in [-0.2, -0.15) is 5.10 Å². The van der Waals surface area contributed by atoms with Crippen molar-refractivity contribution >= 4 is 17.5 Å². The van der Waals surface area contributed by atoms with E-state index in [9.17, 15) is 4.79 Å².